The first-order chi connectivity index (χ1) is 18.6. The van der Waals surface area contributed by atoms with Gasteiger partial charge in [-0.05, 0) is 30.3 Å². The third-order valence-corrected chi connectivity index (χ3v) is 7.63. The van der Waals surface area contributed by atoms with Crippen LogP contribution in [0, 0.1) is 0 Å². The average molecular weight is 575 g/mol. The van der Waals surface area contributed by atoms with Crippen LogP contribution in [0.3, 0.4) is 0 Å². The molecule has 6 nitrogen and oxygen atoms in total. The molecule has 0 bridgehead atoms. The zero-order valence-corrected chi connectivity index (χ0v) is 22.7. The van der Waals surface area contributed by atoms with Gasteiger partial charge in [0.15, 0.2) is 0 Å². The molecule has 2 aromatic heterocycles. The number of likely N-dealkylation sites (N-methyl/N-ethyl adjacent to an activating group) is 1. The molecule has 39 heavy (non-hydrogen) atoms. The zero-order chi connectivity index (χ0) is 27.7. The first kappa shape index (κ1) is 27.5. The summed E-state index contributed by atoms with van der Waals surface area (Å²) in [5.74, 6) is 0.141. The second-order valence-corrected chi connectivity index (χ2v) is 10.5. The molecule has 0 aliphatic carbocycles. The van der Waals surface area contributed by atoms with Gasteiger partial charge in [0.25, 0.3) is 0 Å². The van der Waals surface area contributed by atoms with E-state index in [-0.39, 0.29) is 21.6 Å². The van der Waals surface area contributed by atoms with E-state index in [1.165, 1.54) is 11.8 Å². The minimum absolute atomic E-state index is 0.141. The largest absolute Gasteiger partial charge is 0.408 e. The van der Waals surface area contributed by atoms with Crippen LogP contribution in [0.5, 0.6) is 0 Å². The van der Waals surface area contributed by atoms with Gasteiger partial charge in [-0.3, -0.25) is 9.58 Å². The number of hydrogen-bond donors (Lipinski definition) is 1. The number of nitrogens with zero attached hydrogens (tertiary/aromatic N) is 5. The number of nitrogen functional groups attached to an aromatic ring is 1. The Kier molecular flexibility index (Phi) is 7.87. The quantitative estimate of drug-likeness (QED) is 0.285. The van der Waals surface area contributed by atoms with Crippen molar-refractivity contribution in [3.05, 3.63) is 76.5 Å². The van der Waals surface area contributed by atoms with E-state index in [9.17, 15) is 13.2 Å². The summed E-state index contributed by atoms with van der Waals surface area (Å²) in [5, 5.41) is 4.75. The Hall–Kier alpha value is -3.11. The van der Waals surface area contributed by atoms with Crippen LogP contribution >= 0.6 is 23.2 Å². The van der Waals surface area contributed by atoms with Crippen molar-refractivity contribution in [3.63, 3.8) is 0 Å². The van der Waals surface area contributed by atoms with E-state index >= 15 is 0 Å². The van der Waals surface area contributed by atoms with Gasteiger partial charge in [-0.1, -0.05) is 59.6 Å². The molecule has 2 aromatic carbocycles. The number of hydrogen-bond acceptors (Lipinski definition) is 5. The van der Waals surface area contributed by atoms with Crippen molar-refractivity contribution >= 4 is 29.0 Å². The molecular formula is C28H27Cl2F3N6. The van der Waals surface area contributed by atoms with Crippen LogP contribution in [0.15, 0.2) is 60.9 Å². The van der Waals surface area contributed by atoms with Crippen molar-refractivity contribution in [2.45, 2.75) is 19.3 Å². The molecule has 4 aromatic rings. The lowest BCUT2D eigenvalue weighted by molar-refractivity contribution is -0.142. The number of anilines is 1. The highest BCUT2D eigenvalue weighted by atomic mass is 35.5. The van der Waals surface area contributed by atoms with Gasteiger partial charge >= 0.3 is 6.18 Å². The van der Waals surface area contributed by atoms with Gasteiger partial charge in [0.2, 0.25) is 0 Å². The SMILES string of the molecule is CN1CCN(Cc2ccc(-c3cnc(N)c(-c4nn(CC(F)(F)F)cc4-c4cccc(Cl)c4Cl)c3)cc2)CC1. The minimum Gasteiger partial charge on any atom is -0.383 e. The Labute approximate surface area is 234 Å². The second-order valence-electron chi connectivity index (χ2n) is 9.74. The molecule has 0 saturated carbocycles. The number of piperazine rings is 1. The molecule has 0 spiro atoms. The smallest absolute Gasteiger partial charge is 0.383 e. The fourth-order valence-corrected chi connectivity index (χ4v) is 5.09. The Balaban J connectivity index is 1.49. The minimum atomic E-state index is -4.46. The van der Waals surface area contributed by atoms with Crippen molar-refractivity contribution in [2.75, 3.05) is 39.0 Å². The maximum absolute atomic E-state index is 13.2. The van der Waals surface area contributed by atoms with Crippen molar-refractivity contribution in [3.8, 4) is 33.5 Å². The topological polar surface area (TPSA) is 63.2 Å². The normalized spacial score (nSPS) is 15.1. The van der Waals surface area contributed by atoms with E-state index in [0.717, 1.165) is 48.5 Å². The van der Waals surface area contributed by atoms with E-state index in [0.29, 0.717) is 16.7 Å². The lowest BCUT2D eigenvalue weighted by Crippen LogP contribution is -2.43. The fourth-order valence-electron chi connectivity index (χ4n) is 4.68. The number of benzene rings is 2. The number of pyridine rings is 1. The number of aromatic nitrogens is 3. The summed E-state index contributed by atoms with van der Waals surface area (Å²) in [6, 6.07) is 14.9. The third-order valence-electron chi connectivity index (χ3n) is 6.81. The molecule has 1 fully saturated rings. The van der Waals surface area contributed by atoms with Crippen molar-refractivity contribution < 1.29 is 13.2 Å². The van der Waals surface area contributed by atoms with Crippen LogP contribution in [0.4, 0.5) is 19.0 Å². The predicted molar refractivity (Wildman–Crippen MR) is 150 cm³/mol. The van der Waals surface area contributed by atoms with Gasteiger partial charge in [-0.15, -0.1) is 0 Å². The van der Waals surface area contributed by atoms with E-state index in [2.05, 4.69) is 39.1 Å². The van der Waals surface area contributed by atoms with Crippen LogP contribution in [0.25, 0.3) is 33.5 Å². The van der Waals surface area contributed by atoms with Gasteiger partial charge in [-0.25, -0.2) is 4.98 Å². The molecule has 3 heterocycles. The molecule has 1 aliphatic rings. The molecule has 5 rings (SSSR count). The Morgan fingerprint density at radius 2 is 1.64 bits per heavy atom. The van der Waals surface area contributed by atoms with Crippen LogP contribution < -0.4 is 5.73 Å². The lowest BCUT2D eigenvalue weighted by Gasteiger charge is -2.32. The summed E-state index contributed by atoms with van der Waals surface area (Å²) in [6.45, 7) is 3.78. The summed E-state index contributed by atoms with van der Waals surface area (Å²) in [5.41, 5.74) is 10.6. The highest BCUT2D eigenvalue weighted by Gasteiger charge is 2.30. The molecule has 0 amide bonds. The van der Waals surface area contributed by atoms with Gasteiger partial charge in [0, 0.05) is 67.4 Å². The summed E-state index contributed by atoms with van der Waals surface area (Å²) in [7, 11) is 2.13. The molecule has 0 radical (unpaired) electrons. The van der Waals surface area contributed by atoms with Gasteiger partial charge in [0.05, 0.1) is 10.0 Å². The Bertz CT molecular complexity index is 1460. The van der Waals surface area contributed by atoms with Gasteiger partial charge in [0.1, 0.15) is 18.1 Å². The van der Waals surface area contributed by atoms with E-state index in [4.69, 9.17) is 28.9 Å². The summed E-state index contributed by atoms with van der Waals surface area (Å²) < 4.78 is 40.6. The van der Waals surface area contributed by atoms with E-state index in [1.54, 1.807) is 30.5 Å². The summed E-state index contributed by atoms with van der Waals surface area (Å²) >= 11 is 12.7. The van der Waals surface area contributed by atoms with Gasteiger partial charge in [-0.2, -0.15) is 18.3 Å². The molecular weight excluding hydrogens is 548 g/mol. The molecule has 1 aliphatic heterocycles. The maximum Gasteiger partial charge on any atom is 0.408 e. The van der Waals surface area contributed by atoms with Crippen molar-refractivity contribution in [1.29, 1.82) is 0 Å². The lowest BCUT2D eigenvalue weighted by atomic mass is 9.99. The van der Waals surface area contributed by atoms with Crippen LogP contribution in [-0.4, -0.2) is 64.0 Å². The molecule has 1 saturated heterocycles. The highest BCUT2D eigenvalue weighted by Crippen LogP contribution is 2.40. The monoisotopic (exact) mass is 574 g/mol. The van der Waals surface area contributed by atoms with E-state index < -0.39 is 12.7 Å². The van der Waals surface area contributed by atoms with Gasteiger partial charge < -0.3 is 10.6 Å². The maximum atomic E-state index is 13.2. The standard InChI is InChI=1S/C28H27Cl2F3N6/c1-37-9-11-38(12-10-37)15-18-5-7-19(8-6-18)20-13-22(27(34)35-14-20)26-23(16-39(36-26)17-28(31,32)33)21-3-2-4-24(29)25(21)30/h2-8,13-14,16H,9-12,15,17H2,1H3,(H2,34,35). The first-order valence-corrected chi connectivity index (χ1v) is 13.2. The average Bonchev–Trinajstić information content (AvgIpc) is 3.29. The van der Waals surface area contributed by atoms with E-state index in [1.807, 2.05) is 12.1 Å². The number of halogens is 5. The summed E-state index contributed by atoms with van der Waals surface area (Å²) in [4.78, 5) is 9.10. The molecule has 204 valence electrons. The zero-order valence-electron chi connectivity index (χ0n) is 21.2. The molecule has 2 N–H and O–H groups in total. The van der Waals surface area contributed by atoms with Crippen LogP contribution in [0.1, 0.15) is 5.56 Å². The summed E-state index contributed by atoms with van der Waals surface area (Å²) in [6.07, 6.45) is -1.51. The Morgan fingerprint density at radius 1 is 0.923 bits per heavy atom. The molecule has 0 unspecified atom stereocenters. The highest BCUT2D eigenvalue weighted by molar-refractivity contribution is 6.43. The van der Waals surface area contributed by atoms with Crippen molar-refractivity contribution in [2.24, 2.45) is 0 Å². The predicted octanol–water partition coefficient (Wildman–Crippen LogP) is 6.48. The number of alkyl halides is 3. The fraction of sp³-hybridized carbons (Fsp3) is 0.286. The molecule has 0 atom stereocenters. The van der Waals surface area contributed by atoms with Crippen molar-refractivity contribution in [1.82, 2.24) is 24.6 Å². The molecule has 11 heteroatoms. The van der Waals surface area contributed by atoms with Crippen LogP contribution in [0.2, 0.25) is 10.0 Å². The third kappa shape index (κ3) is 6.38. The number of rotatable bonds is 6. The van der Waals surface area contributed by atoms with Crippen LogP contribution in [-0.2, 0) is 13.1 Å². The first-order valence-electron chi connectivity index (χ1n) is 12.4. The second kappa shape index (κ2) is 11.2. The number of nitrogens with two attached hydrogens (primary N) is 1. The Morgan fingerprint density at radius 3 is 2.33 bits per heavy atom.